The largest absolute Gasteiger partial charge is 0.478 e. The molecule has 0 fully saturated rings. The minimum absolute atomic E-state index is 0.00918. The zero-order valence-corrected chi connectivity index (χ0v) is 21.4. The molecular weight excluding hydrogens is 468 g/mol. The van der Waals surface area contributed by atoms with E-state index in [2.05, 4.69) is 21.9 Å². The first-order chi connectivity index (χ1) is 16.7. The molecule has 35 heavy (non-hydrogen) atoms. The Morgan fingerprint density at radius 1 is 1.11 bits per heavy atom. The van der Waals surface area contributed by atoms with Gasteiger partial charge in [0.15, 0.2) is 0 Å². The van der Waals surface area contributed by atoms with Crippen LogP contribution in [0, 0.1) is 12.8 Å². The number of sulfonamides is 1. The first-order valence-electron chi connectivity index (χ1n) is 11.3. The fourth-order valence-electron chi connectivity index (χ4n) is 3.35. The minimum atomic E-state index is -4.53. The second-order valence-electron chi connectivity index (χ2n) is 8.38. The van der Waals surface area contributed by atoms with Crippen molar-refractivity contribution >= 4 is 21.9 Å². The fourth-order valence-corrected chi connectivity index (χ4v) is 4.82. The predicted molar refractivity (Wildman–Crippen MR) is 133 cm³/mol. The third-order valence-corrected chi connectivity index (χ3v) is 6.68. The van der Waals surface area contributed by atoms with Crippen molar-refractivity contribution in [3.63, 3.8) is 0 Å². The number of aryl methyl sites for hydroxylation is 2. The summed E-state index contributed by atoms with van der Waals surface area (Å²) in [6.45, 7) is 7.48. The van der Waals surface area contributed by atoms with Crippen LogP contribution in [0.4, 0.5) is 10.6 Å². The Bertz CT molecular complexity index is 1280. The van der Waals surface area contributed by atoms with Crippen LogP contribution in [0.1, 0.15) is 38.4 Å². The molecule has 2 heterocycles. The highest BCUT2D eigenvalue weighted by molar-refractivity contribution is 7.93. The maximum absolute atomic E-state index is 14.0. The van der Waals surface area contributed by atoms with Crippen LogP contribution in [-0.4, -0.2) is 43.2 Å². The lowest BCUT2D eigenvalue weighted by atomic mass is 10.1. The zero-order chi connectivity index (χ0) is 25.6. The molecule has 3 aromatic rings. The highest BCUT2D eigenvalue weighted by Crippen LogP contribution is 2.33. The van der Waals surface area contributed by atoms with Gasteiger partial charge in [-0.15, -0.1) is 4.31 Å². The number of hydrogen-bond acceptors (Lipinski definition) is 8. The molecule has 0 saturated heterocycles. The van der Waals surface area contributed by atoms with Crippen molar-refractivity contribution < 1.29 is 22.7 Å². The number of carbonyl (C=O) groups is 1. The van der Waals surface area contributed by atoms with Gasteiger partial charge in [-0.2, -0.15) is 0 Å². The van der Waals surface area contributed by atoms with E-state index in [9.17, 15) is 13.2 Å². The molecule has 0 bridgehead atoms. The average molecular weight is 499 g/mol. The highest BCUT2D eigenvalue weighted by Gasteiger charge is 2.38. The Kier molecular flexibility index (Phi) is 8.39. The van der Waals surface area contributed by atoms with Gasteiger partial charge in [0.25, 0.3) is 15.9 Å². The summed E-state index contributed by atoms with van der Waals surface area (Å²) in [5.41, 5.74) is 2.43. The van der Waals surface area contributed by atoms with E-state index in [0.29, 0.717) is 15.6 Å². The van der Waals surface area contributed by atoms with Crippen molar-refractivity contribution in [1.82, 2.24) is 15.0 Å². The molecule has 0 aliphatic rings. The predicted octanol–water partition coefficient (Wildman–Crippen LogP) is 4.80. The highest BCUT2D eigenvalue weighted by atomic mass is 32.2. The number of rotatable bonds is 9. The average Bonchev–Trinajstić information content (AvgIpc) is 2.84. The quantitative estimate of drug-likeness (QED) is 0.414. The van der Waals surface area contributed by atoms with E-state index in [4.69, 9.17) is 9.47 Å². The maximum Gasteiger partial charge on any atom is 0.430 e. The Balaban J connectivity index is 2.17. The van der Waals surface area contributed by atoms with Crippen LogP contribution in [0.2, 0.25) is 0 Å². The summed E-state index contributed by atoms with van der Waals surface area (Å²) in [7, 11) is -3.21. The van der Waals surface area contributed by atoms with Gasteiger partial charge in [-0.3, -0.25) is 4.98 Å². The topological polar surface area (TPSA) is 112 Å². The van der Waals surface area contributed by atoms with Crippen LogP contribution in [0.15, 0.2) is 53.7 Å². The second-order valence-corrected chi connectivity index (χ2v) is 10.1. The first-order valence-corrected chi connectivity index (χ1v) is 12.8. The van der Waals surface area contributed by atoms with E-state index in [-0.39, 0.29) is 34.8 Å². The van der Waals surface area contributed by atoms with Crippen LogP contribution in [-0.2, 0) is 21.2 Å². The van der Waals surface area contributed by atoms with E-state index in [1.807, 2.05) is 38.1 Å². The molecule has 0 N–H and O–H groups in total. The van der Waals surface area contributed by atoms with Crippen molar-refractivity contribution in [3.8, 4) is 17.1 Å². The molecule has 2 aromatic heterocycles. The minimum Gasteiger partial charge on any atom is -0.478 e. The number of nitrogens with zero attached hydrogens (tertiary/aromatic N) is 4. The molecule has 3 rings (SSSR count). The van der Waals surface area contributed by atoms with Crippen LogP contribution in [0.25, 0.3) is 11.3 Å². The van der Waals surface area contributed by atoms with E-state index in [1.54, 1.807) is 6.92 Å². The molecule has 0 radical (unpaired) electrons. The van der Waals surface area contributed by atoms with Gasteiger partial charge in [-0.25, -0.2) is 23.2 Å². The molecule has 10 heteroatoms. The van der Waals surface area contributed by atoms with Gasteiger partial charge in [0, 0.05) is 11.8 Å². The summed E-state index contributed by atoms with van der Waals surface area (Å²) in [6.07, 6.45) is 3.65. The van der Waals surface area contributed by atoms with Gasteiger partial charge < -0.3 is 9.47 Å². The number of hydrogen-bond donors (Lipinski definition) is 0. The Hall–Kier alpha value is -3.53. The number of aromatic nitrogens is 3. The molecule has 0 saturated carbocycles. The molecule has 0 aliphatic heterocycles. The normalized spacial score (nSPS) is 11.4. The number of methoxy groups -OCH3 is 1. The van der Waals surface area contributed by atoms with E-state index < -0.39 is 16.1 Å². The smallest absolute Gasteiger partial charge is 0.430 e. The number of anilines is 1. The molecule has 186 valence electrons. The van der Waals surface area contributed by atoms with Crippen molar-refractivity contribution in [2.24, 2.45) is 5.92 Å². The summed E-state index contributed by atoms with van der Waals surface area (Å²) >= 11 is 0. The van der Waals surface area contributed by atoms with Gasteiger partial charge >= 0.3 is 6.09 Å². The Morgan fingerprint density at radius 2 is 1.83 bits per heavy atom. The number of carbonyl (C=O) groups excluding carboxylic acids is 1. The number of amides is 1. The van der Waals surface area contributed by atoms with Crippen LogP contribution in [0.3, 0.4) is 0 Å². The molecule has 1 amide bonds. The standard InChI is InChI=1S/C25H30N4O5S/c1-6-8-19-10-12-20(13-11-19)22-21(9-7-14-26-22)35(31,32)29(25(30)34-16-17(2)3)23-24(33-5)28-18(4)15-27-23/h7,9-15,17H,6,8,16H2,1-5H3. The summed E-state index contributed by atoms with van der Waals surface area (Å²) in [5.74, 6) is -0.422. The summed E-state index contributed by atoms with van der Waals surface area (Å²) in [4.78, 5) is 25.7. The van der Waals surface area contributed by atoms with E-state index in [0.717, 1.165) is 18.4 Å². The van der Waals surface area contributed by atoms with Gasteiger partial charge in [-0.1, -0.05) is 51.5 Å². The number of benzene rings is 1. The summed E-state index contributed by atoms with van der Waals surface area (Å²) < 4.78 is 39.1. The van der Waals surface area contributed by atoms with Crippen molar-refractivity contribution in [1.29, 1.82) is 0 Å². The third kappa shape index (κ3) is 5.94. The molecule has 0 unspecified atom stereocenters. The molecule has 0 atom stereocenters. The van der Waals surface area contributed by atoms with Gasteiger partial charge in [0.05, 0.1) is 31.3 Å². The molecule has 0 aliphatic carbocycles. The number of pyridine rings is 1. The third-order valence-electron chi connectivity index (χ3n) is 4.99. The second kappa shape index (κ2) is 11.3. The fraction of sp³-hybridized carbons (Fsp3) is 0.360. The lowest BCUT2D eigenvalue weighted by Crippen LogP contribution is -2.39. The Morgan fingerprint density at radius 3 is 2.46 bits per heavy atom. The molecule has 9 nitrogen and oxygen atoms in total. The van der Waals surface area contributed by atoms with Crippen molar-refractivity contribution in [2.45, 2.75) is 45.4 Å². The van der Waals surface area contributed by atoms with Gasteiger partial charge in [0.1, 0.15) is 4.90 Å². The first kappa shape index (κ1) is 26.1. The van der Waals surface area contributed by atoms with E-state index in [1.165, 1.54) is 31.6 Å². The van der Waals surface area contributed by atoms with Crippen LogP contribution < -0.4 is 9.04 Å². The summed E-state index contributed by atoms with van der Waals surface area (Å²) in [5, 5.41) is 0. The monoisotopic (exact) mass is 498 g/mol. The Labute approximate surface area is 206 Å². The molecule has 1 aromatic carbocycles. The zero-order valence-electron chi connectivity index (χ0n) is 20.6. The van der Waals surface area contributed by atoms with Crippen LogP contribution >= 0.6 is 0 Å². The van der Waals surface area contributed by atoms with Gasteiger partial charge in [0.2, 0.25) is 5.82 Å². The van der Waals surface area contributed by atoms with Crippen molar-refractivity contribution in [2.75, 3.05) is 18.0 Å². The lowest BCUT2D eigenvalue weighted by molar-refractivity contribution is 0.143. The lowest BCUT2D eigenvalue weighted by Gasteiger charge is -2.23. The number of ether oxygens (including phenoxy) is 2. The molecular formula is C25H30N4O5S. The SMILES string of the molecule is CCCc1ccc(-c2ncccc2S(=O)(=O)N(C(=O)OCC(C)C)c2ncc(C)nc2OC)cc1. The van der Waals surface area contributed by atoms with Crippen LogP contribution in [0.5, 0.6) is 5.88 Å². The maximum atomic E-state index is 14.0. The van der Waals surface area contributed by atoms with Crippen molar-refractivity contribution in [3.05, 3.63) is 60.0 Å². The van der Waals surface area contributed by atoms with Gasteiger partial charge in [-0.05, 0) is 37.0 Å². The van der Waals surface area contributed by atoms with E-state index >= 15 is 0 Å². The molecule has 0 spiro atoms. The summed E-state index contributed by atoms with van der Waals surface area (Å²) in [6, 6.07) is 10.4.